The Morgan fingerprint density at radius 3 is 2.45 bits per heavy atom. The van der Waals surface area contributed by atoms with Crippen molar-refractivity contribution >= 4 is 23.1 Å². The minimum Gasteiger partial charge on any atom is -0.492 e. The second kappa shape index (κ2) is 8.92. The topological polar surface area (TPSA) is 67.9 Å². The molecule has 0 aromatic heterocycles. The van der Waals surface area contributed by atoms with Gasteiger partial charge >= 0.3 is 0 Å². The highest BCUT2D eigenvalue weighted by molar-refractivity contribution is 6.36. The molecule has 3 rings (SSSR count). The maximum atomic E-state index is 13.2. The normalized spacial score (nSPS) is 14.0. The molecule has 2 amide bonds. The first-order chi connectivity index (χ1) is 14.0. The molecule has 0 bridgehead atoms. The molecular weight excluding hydrogens is 368 g/mol. The van der Waals surface area contributed by atoms with Crippen molar-refractivity contribution in [3.05, 3.63) is 64.9 Å². The van der Waals surface area contributed by atoms with E-state index in [1.54, 1.807) is 7.11 Å². The first-order valence-electron chi connectivity index (χ1n) is 9.63. The number of carbonyl (C=O) groups excluding carboxylic acids is 2. The van der Waals surface area contributed by atoms with Crippen LogP contribution in [0.1, 0.15) is 23.6 Å². The molecule has 1 aliphatic rings. The zero-order valence-corrected chi connectivity index (χ0v) is 17.2. The molecule has 0 saturated heterocycles. The Bertz CT molecular complexity index is 965. The van der Waals surface area contributed by atoms with Crippen molar-refractivity contribution in [3.8, 4) is 5.75 Å². The van der Waals surface area contributed by atoms with Gasteiger partial charge in [-0.3, -0.25) is 14.5 Å². The minimum atomic E-state index is -0.369. The lowest BCUT2D eigenvalue weighted by molar-refractivity contribution is -0.137. The molecule has 0 atom stereocenters. The van der Waals surface area contributed by atoms with E-state index in [0.29, 0.717) is 29.2 Å². The number of imide groups is 1. The summed E-state index contributed by atoms with van der Waals surface area (Å²) in [6.07, 6.45) is 0. The first-order valence-corrected chi connectivity index (χ1v) is 9.63. The van der Waals surface area contributed by atoms with E-state index < -0.39 is 0 Å². The van der Waals surface area contributed by atoms with E-state index in [2.05, 4.69) is 5.32 Å². The van der Waals surface area contributed by atoms with Gasteiger partial charge in [0, 0.05) is 7.11 Å². The molecule has 0 unspecified atom stereocenters. The third-order valence-corrected chi connectivity index (χ3v) is 4.93. The predicted octanol–water partition coefficient (Wildman–Crippen LogP) is 3.54. The van der Waals surface area contributed by atoms with Crippen LogP contribution < -0.4 is 10.1 Å². The highest BCUT2D eigenvalue weighted by Gasteiger charge is 2.39. The van der Waals surface area contributed by atoms with Crippen molar-refractivity contribution in [2.45, 2.75) is 20.8 Å². The largest absolute Gasteiger partial charge is 0.492 e. The average molecular weight is 394 g/mol. The van der Waals surface area contributed by atoms with E-state index in [1.807, 2.05) is 63.2 Å². The molecule has 0 spiro atoms. The summed E-state index contributed by atoms with van der Waals surface area (Å²) in [6, 6.07) is 13.1. The second-order valence-electron chi connectivity index (χ2n) is 6.86. The van der Waals surface area contributed by atoms with Gasteiger partial charge in [0.15, 0.2) is 0 Å². The SMILES string of the molecule is CCOc1ccccc1NC1=C(c2ccc(C)c(C)c2)C(=O)N(CCOC)C1=O. The lowest BCUT2D eigenvalue weighted by Crippen LogP contribution is -2.35. The van der Waals surface area contributed by atoms with Crippen LogP contribution in [0, 0.1) is 13.8 Å². The van der Waals surface area contributed by atoms with Gasteiger partial charge < -0.3 is 14.8 Å². The Hall–Kier alpha value is -3.12. The molecular formula is C23H26N2O4. The smallest absolute Gasteiger partial charge is 0.278 e. The fourth-order valence-electron chi connectivity index (χ4n) is 3.23. The van der Waals surface area contributed by atoms with Crippen LogP contribution in [-0.2, 0) is 14.3 Å². The molecule has 0 aliphatic carbocycles. The highest BCUT2D eigenvalue weighted by Crippen LogP contribution is 2.33. The molecule has 29 heavy (non-hydrogen) atoms. The summed E-state index contributed by atoms with van der Waals surface area (Å²) in [7, 11) is 1.54. The Morgan fingerprint density at radius 1 is 1.00 bits per heavy atom. The number of amides is 2. The van der Waals surface area contributed by atoms with Crippen LogP contribution in [0.5, 0.6) is 5.75 Å². The molecule has 6 nitrogen and oxygen atoms in total. The number of anilines is 1. The second-order valence-corrected chi connectivity index (χ2v) is 6.86. The number of ether oxygens (including phenoxy) is 2. The van der Waals surface area contributed by atoms with Crippen molar-refractivity contribution in [3.63, 3.8) is 0 Å². The van der Waals surface area contributed by atoms with Crippen molar-refractivity contribution in [2.75, 3.05) is 32.2 Å². The standard InChI is InChI=1S/C23H26N2O4/c1-5-29-19-9-7-6-8-18(19)24-21-20(17-11-10-15(2)16(3)14-17)22(26)25(23(21)27)12-13-28-4/h6-11,14,24H,5,12-13H2,1-4H3. The minimum absolute atomic E-state index is 0.195. The van der Waals surface area contributed by atoms with Crippen LogP contribution in [-0.4, -0.2) is 43.6 Å². The van der Waals surface area contributed by atoms with Gasteiger partial charge in [0.2, 0.25) is 0 Å². The summed E-state index contributed by atoms with van der Waals surface area (Å²) in [6.45, 7) is 6.86. The van der Waals surface area contributed by atoms with E-state index in [-0.39, 0.29) is 30.7 Å². The van der Waals surface area contributed by atoms with Gasteiger partial charge in [-0.25, -0.2) is 0 Å². The summed E-state index contributed by atoms with van der Waals surface area (Å²) in [5.41, 5.74) is 4.14. The number of methoxy groups -OCH3 is 1. The Labute approximate surface area is 171 Å². The third-order valence-electron chi connectivity index (χ3n) is 4.93. The monoisotopic (exact) mass is 394 g/mol. The lowest BCUT2D eigenvalue weighted by atomic mass is 9.99. The number of rotatable bonds is 8. The van der Waals surface area contributed by atoms with Gasteiger partial charge in [0.25, 0.3) is 11.8 Å². The molecule has 2 aromatic rings. The maximum absolute atomic E-state index is 13.2. The molecule has 1 N–H and O–H groups in total. The zero-order valence-electron chi connectivity index (χ0n) is 17.2. The third kappa shape index (κ3) is 4.17. The van der Waals surface area contributed by atoms with Crippen LogP contribution in [0.25, 0.3) is 5.57 Å². The van der Waals surface area contributed by atoms with Crippen molar-refractivity contribution in [2.24, 2.45) is 0 Å². The van der Waals surface area contributed by atoms with Crippen LogP contribution in [0.15, 0.2) is 48.2 Å². The molecule has 152 valence electrons. The maximum Gasteiger partial charge on any atom is 0.278 e. The number of para-hydroxylation sites is 2. The van der Waals surface area contributed by atoms with E-state index in [1.165, 1.54) is 4.90 Å². The molecule has 0 saturated carbocycles. The summed E-state index contributed by atoms with van der Waals surface area (Å²) in [4.78, 5) is 27.5. The molecule has 6 heteroatoms. The number of nitrogens with zero attached hydrogens (tertiary/aromatic N) is 1. The van der Waals surface area contributed by atoms with Crippen LogP contribution >= 0.6 is 0 Å². The molecule has 0 fully saturated rings. The van der Waals surface area contributed by atoms with Gasteiger partial charge in [-0.2, -0.15) is 0 Å². The number of benzene rings is 2. The number of carbonyl (C=O) groups is 2. The molecule has 1 heterocycles. The lowest BCUT2D eigenvalue weighted by Gasteiger charge is -2.15. The molecule has 1 aliphatic heterocycles. The summed E-state index contributed by atoms with van der Waals surface area (Å²) >= 11 is 0. The fourth-order valence-corrected chi connectivity index (χ4v) is 3.23. The van der Waals surface area contributed by atoms with E-state index >= 15 is 0 Å². The van der Waals surface area contributed by atoms with E-state index in [9.17, 15) is 9.59 Å². The van der Waals surface area contributed by atoms with E-state index in [0.717, 1.165) is 11.1 Å². The van der Waals surface area contributed by atoms with Gasteiger partial charge in [0.05, 0.1) is 31.0 Å². The van der Waals surface area contributed by atoms with Crippen molar-refractivity contribution < 1.29 is 19.1 Å². The summed E-state index contributed by atoms with van der Waals surface area (Å²) in [5.74, 6) is -0.0733. The van der Waals surface area contributed by atoms with Gasteiger partial charge in [0.1, 0.15) is 11.4 Å². The summed E-state index contributed by atoms with van der Waals surface area (Å²) in [5, 5.41) is 3.17. The number of hydrogen-bond acceptors (Lipinski definition) is 5. The first kappa shape index (κ1) is 20.6. The zero-order chi connectivity index (χ0) is 21.0. The van der Waals surface area contributed by atoms with Crippen LogP contribution in [0.2, 0.25) is 0 Å². The van der Waals surface area contributed by atoms with Crippen LogP contribution in [0.3, 0.4) is 0 Å². The molecule has 2 aromatic carbocycles. The van der Waals surface area contributed by atoms with Crippen LogP contribution in [0.4, 0.5) is 5.69 Å². The fraction of sp³-hybridized carbons (Fsp3) is 0.304. The van der Waals surface area contributed by atoms with Crippen molar-refractivity contribution in [1.29, 1.82) is 0 Å². The quantitative estimate of drug-likeness (QED) is 0.694. The predicted molar refractivity (Wildman–Crippen MR) is 113 cm³/mol. The highest BCUT2D eigenvalue weighted by atomic mass is 16.5. The molecule has 0 radical (unpaired) electrons. The summed E-state index contributed by atoms with van der Waals surface area (Å²) < 4.78 is 10.7. The Kier molecular flexibility index (Phi) is 6.34. The number of aryl methyl sites for hydroxylation is 2. The van der Waals surface area contributed by atoms with Gasteiger partial charge in [-0.1, -0.05) is 30.3 Å². The number of hydrogen-bond donors (Lipinski definition) is 1. The van der Waals surface area contributed by atoms with Gasteiger partial charge in [-0.05, 0) is 49.6 Å². The van der Waals surface area contributed by atoms with Gasteiger partial charge in [-0.15, -0.1) is 0 Å². The Balaban J connectivity index is 2.08. The van der Waals surface area contributed by atoms with E-state index in [4.69, 9.17) is 9.47 Å². The average Bonchev–Trinajstić information content (AvgIpc) is 2.94. The Morgan fingerprint density at radius 2 is 1.76 bits per heavy atom. The van der Waals surface area contributed by atoms with Crippen molar-refractivity contribution in [1.82, 2.24) is 4.90 Å². The number of nitrogens with one attached hydrogen (secondary N) is 1.